The fourth-order valence-electron chi connectivity index (χ4n) is 2.92. The van der Waals surface area contributed by atoms with Crippen molar-refractivity contribution in [2.45, 2.75) is 18.4 Å². The fourth-order valence-corrected chi connectivity index (χ4v) is 3.48. The molecular formula is C18H22N2O4S. The van der Waals surface area contributed by atoms with E-state index >= 15 is 0 Å². The van der Waals surface area contributed by atoms with E-state index < -0.39 is 9.84 Å². The van der Waals surface area contributed by atoms with Crippen LogP contribution in [0, 0.1) is 6.92 Å². The van der Waals surface area contributed by atoms with E-state index in [0.717, 1.165) is 31.5 Å². The van der Waals surface area contributed by atoms with Gasteiger partial charge in [-0.15, -0.1) is 0 Å². The second-order valence-electron chi connectivity index (χ2n) is 6.36. The monoisotopic (exact) mass is 362 g/mol. The van der Waals surface area contributed by atoms with E-state index in [-0.39, 0.29) is 16.8 Å². The van der Waals surface area contributed by atoms with Crippen LogP contribution in [-0.4, -0.2) is 51.7 Å². The lowest BCUT2D eigenvalue weighted by atomic mass is 10.2. The number of hydrogen-bond acceptors (Lipinski definition) is 5. The Morgan fingerprint density at radius 3 is 2.36 bits per heavy atom. The van der Waals surface area contributed by atoms with E-state index in [9.17, 15) is 13.2 Å². The number of nitrogens with zero attached hydrogens (tertiary/aromatic N) is 2. The van der Waals surface area contributed by atoms with E-state index in [2.05, 4.69) is 36.1 Å². The van der Waals surface area contributed by atoms with Crippen molar-refractivity contribution in [2.24, 2.45) is 0 Å². The summed E-state index contributed by atoms with van der Waals surface area (Å²) in [5, 5.41) is -0.174. The predicted molar refractivity (Wildman–Crippen MR) is 95.7 cm³/mol. The molecule has 0 radical (unpaired) electrons. The molecule has 1 aliphatic heterocycles. The summed E-state index contributed by atoms with van der Waals surface area (Å²) in [4.78, 5) is 16.6. The minimum Gasteiger partial charge on any atom is -0.440 e. The van der Waals surface area contributed by atoms with Crippen molar-refractivity contribution >= 4 is 21.4 Å². The van der Waals surface area contributed by atoms with Crippen molar-refractivity contribution in [1.29, 1.82) is 0 Å². The maximum Gasteiger partial charge on any atom is 0.289 e. The first-order chi connectivity index (χ1) is 11.8. The van der Waals surface area contributed by atoms with Crippen molar-refractivity contribution < 1.29 is 17.6 Å². The largest absolute Gasteiger partial charge is 0.440 e. The van der Waals surface area contributed by atoms with Gasteiger partial charge in [-0.1, -0.05) is 17.7 Å². The predicted octanol–water partition coefficient (Wildman–Crippen LogP) is 2.34. The van der Waals surface area contributed by atoms with Crippen LogP contribution < -0.4 is 4.90 Å². The van der Waals surface area contributed by atoms with E-state index in [4.69, 9.17) is 4.42 Å². The molecule has 0 aliphatic carbocycles. The topological polar surface area (TPSA) is 70.8 Å². The third-order valence-corrected chi connectivity index (χ3v) is 5.29. The van der Waals surface area contributed by atoms with Gasteiger partial charge in [0, 0.05) is 38.1 Å². The summed E-state index contributed by atoms with van der Waals surface area (Å²) < 4.78 is 28.2. The third kappa shape index (κ3) is 4.04. The molecule has 0 atom stereocenters. The van der Waals surface area contributed by atoms with Gasteiger partial charge >= 0.3 is 0 Å². The van der Waals surface area contributed by atoms with Gasteiger partial charge in [0.05, 0.1) is 0 Å². The number of furan rings is 1. The maximum absolute atomic E-state index is 12.6. The van der Waals surface area contributed by atoms with Crippen molar-refractivity contribution in [3.8, 4) is 0 Å². The van der Waals surface area contributed by atoms with Crippen LogP contribution in [0.1, 0.15) is 22.5 Å². The first-order valence-corrected chi connectivity index (χ1v) is 10.1. The Labute approximate surface area is 148 Å². The molecule has 0 N–H and O–H groups in total. The summed E-state index contributed by atoms with van der Waals surface area (Å²) in [5.41, 5.74) is 2.37. The number of anilines is 1. The first-order valence-electron chi connectivity index (χ1n) is 8.25. The molecule has 0 bridgehead atoms. The average Bonchev–Trinajstić information content (AvgIpc) is 2.95. The first kappa shape index (κ1) is 17.5. The zero-order chi connectivity index (χ0) is 18.0. The molecule has 0 saturated carbocycles. The minimum atomic E-state index is -3.45. The molecular weight excluding hydrogens is 340 g/mol. The summed E-state index contributed by atoms with van der Waals surface area (Å²) in [6.45, 7) is 4.85. The summed E-state index contributed by atoms with van der Waals surface area (Å²) >= 11 is 0. The Hall–Kier alpha value is -2.28. The molecule has 3 rings (SSSR count). The van der Waals surface area contributed by atoms with Crippen LogP contribution in [0.2, 0.25) is 0 Å². The third-order valence-electron chi connectivity index (χ3n) is 4.34. The molecule has 6 nitrogen and oxygen atoms in total. The Bertz CT molecular complexity index is 855. The Balaban J connectivity index is 1.69. The number of carbonyl (C=O) groups is 1. The molecule has 2 aromatic rings. The van der Waals surface area contributed by atoms with Crippen molar-refractivity contribution in [3.63, 3.8) is 0 Å². The molecule has 1 aromatic heterocycles. The van der Waals surface area contributed by atoms with Gasteiger partial charge in [-0.05, 0) is 37.6 Å². The number of amides is 1. The molecule has 7 heteroatoms. The van der Waals surface area contributed by atoms with Gasteiger partial charge in [0.2, 0.25) is 14.9 Å². The van der Waals surface area contributed by atoms with Gasteiger partial charge in [-0.3, -0.25) is 4.79 Å². The Kier molecular flexibility index (Phi) is 4.85. The van der Waals surface area contributed by atoms with Gasteiger partial charge in [-0.2, -0.15) is 0 Å². The zero-order valence-corrected chi connectivity index (χ0v) is 15.3. The number of aryl methyl sites for hydroxylation is 1. The van der Waals surface area contributed by atoms with Gasteiger partial charge in [0.15, 0.2) is 5.76 Å². The quantitative estimate of drug-likeness (QED) is 0.838. The van der Waals surface area contributed by atoms with E-state index in [1.165, 1.54) is 17.7 Å². The number of carbonyl (C=O) groups excluding carboxylic acids is 1. The molecule has 0 unspecified atom stereocenters. The highest BCUT2D eigenvalue weighted by Crippen LogP contribution is 2.19. The number of sulfone groups is 1. The van der Waals surface area contributed by atoms with Crippen LogP contribution >= 0.6 is 0 Å². The Morgan fingerprint density at radius 1 is 1.00 bits per heavy atom. The average molecular weight is 362 g/mol. The van der Waals surface area contributed by atoms with Gasteiger partial charge in [-0.25, -0.2) is 8.42 Å². The van der Waals surface area contributed by atoms with Crippen LogP contribution in [-0.2, 0) is 9.84 Å². The zero-order valence-electron chi connectivity index (χ0n) is 14.4. The van der Waals surface area contributed by atoms with Crippen LogP contribution in [0.3, 0.4) is 0 Å². The SMILES string of the molecule is Cc1ccc(N2CCCN(C(=O)c3ccc(S(C)(=O)=O)o3)CC2)cc1. The normalized spacial score (nSPS) is 15.9. The van der Waals surface area contributed by atoms with E-state index in [0.29, 0.717) is 13.1 Å². The second kappa shape index (κ2) is 6.92. The molecule has 1 amide bonds. The standard InChI is InChI=1S/C18H22N2O4S/c1-14-4-6-15(7-5-14)19-10-3-11-20(13-12-19)18(21)16-8-9-17(24-16)25(2,22)23/h4-9H,3,10-13H2,1-2H3. The fraction of sp³-hybridized carbons (Fsp3) is 0.389. The van der Waals surface area contributed by atoms with Gasteiger partial charge in [0.25, 0.3) is 5.91 Å². The van der Waals surface area contributed by atoms with E-state index in [1.54, 1.807) is 4.90 Å². The molecule has 2 heterocycles. The highest BCUT2D eigenvalue weighted by molar-refractivity contribution is 7.90. The van der Waals surface area contributed by atoms with Gasteiger partial charge in [0.1, 0.15) is 0 Å². The highest BCUT2D eigenvalue weighted by atomic mass is 32.2. The molecule has 0 spiro atoms. The molecule has 1 saturated heterocycles. The van der Waals surface area contributed by atoms with Crippen LogP contribution in [0.5, 0.6) is 0 Å². The maximum atomic E-state index is 12.6. The second-order valence-corrected chi connectivity index (χ2v) is 8.31. The van der Waals surface area contributed by atoms with E-state index in [1.807, 2.05) is 0 Å². The molecule has 1 fully saturated rings. The summed E-state index contributed by atoms with van der Waals surface area (Å²) in [5.74, 6) is -0.190. The van der Waals surface area contributed by atoms with Gasteiger partial charge < -0.3 is 14.2 Å². The lowest BCUT2D eigenvalue weighted by Gasteiger charge is -2.23. The van der Waals surface area contributed by atoms with Crippen molar-refractivity contribution in [2.75, 3.05) is 37.3 Å². The van der Waals surface area contributed by atoms with Crippen LogP contribution in [0.25, 0.3) is 0 Å². The number of benzene rings is 1. The summed E-state index contributed by atoms with van der Waals surface area (Å²) in [6.07, 6.45) is 1.91. The number of rotatable bonds is 3. The minimum absolute atomic E-state index is 0.0733. The van der Waals surface area contributed by atoms with Crippen LogP contribution in [0.4, 0.5) is 5.69 Å². The molecule has 1 aliphatic rings. The smallest absolute Gasteiger partial charge is 0.289 e. The summed E-state index contributed by atoms with van der Waals surface area (Å²) in [6, 6.07) is 11.1. The molecule has 25 heavy (non-hydrogen) atoms. The molecule has 134 valence electrons. The summed E-state index contributed by atoms with van der Waals surface area (Å²) in [7, 11) is -3.45. The lowest BCUT2D eigenvalue weighted by Crippen LogP contribution is -2.35. The van der Waals surface area contributed by atoms with Crippen molar-refractivity contribution in [1.82, 2.24) is 4.90 Å². The Morgan fingerprint density at radius 2 is 1.72 bits per heavy atom. The molecule has 1 aromatic carbocycles. The van der Waals surface area contributed by atoms with Crippen LogP contribution in [0.15, 0.2) is 45.9 Å². The highest BCUT2D eigenvalue weighted by Gasteiger charge is 2.24. The lowest BCUT2D eigenvalue weighted by molar-refractivity contribution is 0.0729. The number of hydrogen-bond donors (Lipinski definition) is 0. The van der Waals surface area contributed by atoms with Crippen molar-refractivity contribution in [3.05, 3.63) is 47.7 Å².